The summed E-state index contributed by atoms with van der Waals surface area (Å²) in [6, 6.07) is 0. The lowest BCUT2D eigenvalue weighted by Gasteiger charge is -2.34. The molecule has 0 saturated carbocycles. The summed E-state index contributed by atoms with van der Waals surface area (Å²) >= 11 is 0. The second kappa shape index (κ2) is 29.2. The van der Waals surface area contributed by atoms with E-state index < -0.39 is 0 Å². The zero-order chi connectivity index (χ0) is 30.4. The van der Waals surface area contributed by atoms with Crippen LogP contribution in [0.25, 0.3) is 0 Å². The molecule has 0 fully saturated rings. The van der Waals surface area contributed by atoms with Gasteiger partial charge < -0.3 is 9.53 Å². The average molecular weight is 579 g/mol. The first-order chi connectivity index (χ1) is 19.8. The van der Waals surface area contributed by atoms with E-state index in [9.17, 15) is 9.59 Å². The van der Waals surface area contributed by atoms with Crippen molar-refractivity contribution in [3.63, 3.8) is 0 Å². The Morgan fingerprint density at radius 2 is 0.878 bits per heavy atom. The summed E-state index contributed by atoms with van der Waals surface area (Å²) in [5.74, 6) is 0.338. The van der Waals surface area contributed by atoms with Crippen LogP contribution < -0.4 is 0 Å². The van der Waals surface area contributed by atoms with Crippen LogP contribution in [0.4, 0.5) is 0 Å². The fourth-order valence-corrected chi connectivity index (χ4v) is 6.05. The molecular weight excluding hydrogens is 504 g/mol. The van der Waals surface area contributed by atoms with E-state index in [0.29, 0.717) is 12.2 Å². The largest absolute Gasteiger partial charge is 0.462 e. The molecule has 0 heterocycles. The van der Waals surface area contributed by atoms with Gasteiger partial charge in [0.25, 0.3) is 0 Å². The number of unbranched alkanes of at least 4 members (excludes halogenated alkanes) is 22. The van der Waals surface area contributed by atoms with Gasteiger partial charge in [-0.25, -0.2) is 0 Å². The van der Waals surface area contributed by atoms with Gasteiger partial charge in [0.15, 0.2) is 0 Å². The van der Waals surface area contributed by atoms with Gasteiger partial charge in [0.1, 0.15) is 11.9 Å². The number of Topliss-reactive ketones (excluding diaryl/α,β-unsaturated/α-hetero) is 1. The number of ketones is 1. The van der Waals surface area contributed by atoms with Crippen LogP contribution >= 0.6 is 0 Å². The normalized spacial score (nSPS) is 12.5. The topological polar surface area (TPSA) is 43.4 Å². The summed E-state index contributed by atoms with van der Waals surface area (Å²) in [5.41, 5.74) is 0.0333. The summed E-state index contributed by atoms with van der Waals surface area (Å²) in [6.07, 6.45) is 35.6. The lowest BCUT2D eigenvalue weighted by atomic mass is 9.79. The number of rotatable bonds is 32. The Morgan fingerprint density at radius 3 is 1.32 bits per heavy atom. The summed E-state index contributed by atoms with van der Waals surface area (Å²) in [7, 11) is 0. The predicted molar refractivity (Wildman–Crippen MR) is 180 cm³/mol. The minimum atomic E-state index is 0.0266. The van der Waals surface area contributed by atoms with Crippen molar-refractivity contribution in [3.8, 4) is 0 Å². The van der Waals surface area contributed by atoms with Crippen molar-refractivity contribution in [2.45, 2.75) is 227 Å². The maximum Gasteiger partial charge on any atom is 0.306 e. The average Bonchev–Trinajstić information content (AvgIpc) is 2.93. The van der Waals surface area contributed by atoms with E-state index in [4.69, 9.17) is 4.74 Å². The Labute approximate surface area is 258 Å². The van der Waals surface area contributed by atoms with Crippen molar-refractivity contribution < 1.29 is 14.3 Å². The number of hydrogen-bond acceptors (Lipinski definition) is 3. The minimum Gasteiger partial charge on any atom is -0.462 e. The monoisotopic (exact) mass is 579 g/mol. The minimum absolute atomic E-state index is 0.0266. The lowest BCUT2D eigenvalue weighted by Crippen LogP contribution is -2.34. The van der Waals surface area contributed by atoms with Crippen LogP contribution in [0, 0.1) is 5.41 Å². The molecule has 0 spiro atoms. The van der Waals surface area contributed by atoms with Crippen LogP contribution in [0.3, 0.4) is 0 Å². The van der Waals surface area contributed by atoms with Crippen molar-refractivity contribution in [3.05, 3.63) is 0 Å². The molecule has 0 saturated heterocycles. The third kappa shape index (κ3) is 27.7. The smallest absolute Gasteiger partial charge is 0.306 e. The molecule has 3 nitrogen and oxygen atoms in total. The fourth-order valence-electron chi connectivity index (χ4n) is 6.05. The van der Waals surface area contributed by atoms with Crippen molar-refractivity contribution >= 4 is 11.8 Å². The molecule has 1 unspecified atom stereocenters. The van der Waals surface area contributed by atoms with Gasteiger partial charge in [-0.05, 0) is 39.0 Å². The molecule has 1 atom stereocenters. The van der Waals surface area contributed by atoms with Gasteiger partial charge >= 0.3 is 5.97 Å². The zero-order valence-corrected chi connectivity index (χ0v) is 28.8. The molecule has 0 aromatic heterocycles. The van der Waals surface area contributed by atoms with Crippen LogP contribution in [0.15, 0.2) is 0 Å². The fraction of sp³-hybridized carbons (Fsp3) is 0.947. The highest BCUT2D eigenvalue weighted by atomic mass is 16.5. The molecule has 0 bridgehead atoms. The molecule has 0 radical (unpaired) electrons. The molecule has 0 rings (SSSR count). The van der Waals surface area contributed by atoms with Crippen molar-refractivity contribution in [2.75, 3.05) is 0 Å². The molecule has 3 heteroatoms. The molecule has 0 aliphatic rings. The van der Waals surface area contributed by atoms with Gasteiger partial charge in [0, 0.05) is 18.3 Å². The zero-order valence-electron chi connectivity index (χ0n) is 28.8. The van der Waals surface area contributed by atoms with Gasteiger partial charge in [-0.2, -0.15) is 0 Å². The predicted octanol–water partition coefficient (Wildman–Crippen LogP) is 12.9. The van der Waals surface area contributed by atoms with Crippen LogP contribution in [0.1, 0.15) is 221 Å². The van der Waals surface area contributed by atoms with Crippen LogP contribution in [0.5, 0.6) is 0 Å². The van der Waals surface area contributed by atoms with E-state index in [1.165, 1.54) is 135 Å². The Bertz CT molecular complexity index is 582. The molecule has 0 aliphatic heterocycles. The molecule has 244 valence electrons. The van der Waals surface area contributed by atoms with E-state index in [1.54, 1.807) is 6.92 Å². The van der Waals surface area contributed by atoms with Crippen molar-refractivity contribution in [1.29, 1.82) is 0 Å². The SMILES string of the molecule is CCCCCCCCCCCCCCCCCC(=O)OC(CCCCCC)C(C)(C)CCCCCCCCC(C)=O. The van der Waals surface area contributed by atoms with Crippen molar-refractivity contribution in [1.82, 2.24) is 0 Å². The first kappa shape index (κ1) is 40.1. The van der Waals surface area contributed by atoms with Gasteiger partial charge in [-0.3, -0.25) is 4.79 Å². The van der Waals surface area contributed by atoms with Crippen LogP contribution in [-0.2, 0) is 14.3 Å². The lowest BCUT2D eigenvalue weighted by molar-refractivity contribution is -0.156. The van der Waals surface area contributed by atoms with E-state index in [1.807, 2.05) is 0 Å². The molecule has 0 aliphatic carbocycles. The van der Waals surface area contributed by atoms with E-state index in [-0.39, 0.29) is 17.5 Å². The van der Waals surface area contributed by atoms with Gasteiger partial charge in [0.2, 0.25) is 0 Å². The van der Waals surface area contributed by atoms with E-state index >= 15 is 0 Å². The Morgan fingerprint density at radius 1 is 0.512 bits per heavy atom. The third-order valence-corrected chi connectivity index (χ3v) is 9.05. The van der Waals surface area contributed by atoms with Crippen LogP contribution in [0.2, 0.25) is 0 Å². The van der Waals surface area contributed by atoms with Gasteiger partial charge in [-0.15, -0.1) is 0 Å². The Kier molecular flexibility index (Phi) is 28.6. The first-order valence-electron chi connectivity index (χ1n) is 18.5. The molecule has 0 aromatic rings. The molecular formula is C38H74O3. The summed E-state index contributed by atoms with van der Waals surface area (Å²) in [6.45, 7) is 10.8. The molecule has 41 heavy (non-hydrogen) atoms. The van der Waals surface area contributed by atoms with Crippen LogP contribution in [-0.4, -0.2) is 17.9 Å². The first-order valence-corrected chi connectivity index (χ1v) is 18.5. The quantitative estimate of drug-likeness (QED) is 0.0589. The van der Waals surface area contributed by atoms with E-state index in [2.05, 4.69) is 27.7 Å². The number of carbonyl (C=O) groups excluding carboxylic acids is 2. The van der Waals surface area contributed by atoms with E-state index in [0.717, 1.165) is 44.9 Å². The highest BCUT2D eigenvalue weighted by molar-refractivity contribution is 5.75. The van der Waals surface area contributed by atoms with Gasteiger partial charge in [-0.1, -0.05) is 169 Å². The van der Waals surface area contributed by atoms with Crippen molar-refractivity contribution in [2.24, 2.45) is 5.41 Å². The molecule has 0 amide bonds. The summed E-state index contributed by atoms with van der Waals surface area (Å²) in [4.78, 5) is 23.9. The maximum absolute atomic E-state index is 12.8. The highest BCUT2D eigenvalue weighted by Crippen LogP contribution is 2.34. The van der Waals surface area contributed by atoms with Gasteiger partial charge in [0.05, 0.1) is 0 Å². The summed E-state index contributed by atoms with van der Waals surface area (Å²) in [5, 5.41) is 0. The number of carbonyl (C=O) groups is 2. The molecule has 0 aromatic carbocycles. The number of esters is 1. The second-order valence-electron chi connectivity index (χ2n) is 13.8. The third-order valence-electron chi connectivity index (χ3n) is 9.05. The highest BCUT2D eigenvalue weighted by Gasteiger charge is 2.31. The molecule has 0 N–H and O–H groups in total. The Balaban J connectivity index is 4.07. The Hall–Kier alpha value is -0.860. The standard InChI is InChI=1S/C38H74O3/c1-6-8-10-12-13-14-15-16-17-18-19-20-21-25-29-33-37(40)41-36(32-28-11-9-7-2)38(4,5)34-30-26-23-22-24-27-31-35(3)39/h36H,6-34H2,1-5H3. The second-order valence-corrected chi connectivity index (χ2v) is 13.8. The summed E-state index contributed by atoms with van der Waals surface area (Å²) < 4.78 is 6.18. The number of hydrogen-bond donors (Lipinski definition) is 0. The maximum atomic E-state index is 12.8. The number of ether oxygens (including phenoxy) is 1.